The van der Waals surface area contributed by atoms with Crippen molar-refractivity contribution in [1.82, 2.24) is 19.9 Å². The van der Waals surface area contributed by atoms with Crippen LogP contribution >= 0.6 is 11.6 Å². The van der Waals surface area contributed by atoms with Crippen molar-refractivity contribution in [3.63, 3.8) is 0 Å². The number of pyridine rings is 1. The van der Waals surface area contributed by atoms with Crippen molar-refractivity contribution in [2.24, 2.45) is 0 Å². The number of aryl methyl sites for hydroxylation is 1. The molecular formula is C16H15ClN4O. The summed E-state index contributed by atoms with van der Waals surface area (Å²) < 4.78 is 1.99. The third-order valence-corrected chi connectivity index (χ3v) is 3.64. The van der Waals surface area contributed by atoms with E-state index in [0.29, 0.717) is 23.7 Å². The van der Waals surface area contributed by atoms with Crippen LogP contribution in [0.3, 0.4) is 0 Å². The number of hydrogen-bond donors (Lipinski definition) is 1. The van der Waals surface area contributed by atoms with Gasteiger partial charge in [0.05, 0.1) is 0 Å². The number of halogens is 1. The second-order valence-electron chi connectivity index (χ2n) is 4.92. The molecule has 2 heterocycles. The van der Waals surface area contributed by atoms with Crippen LogP contribution in [-0.4, -0.2) is 27.0 Å². The molecule has 0 radical (unpaired) electrons. The number of imidazole rings is 1. The summed E-state index contributed by atoms with van der Waals surface area (Å²) in [6, 6.07) is 10.7. The number of carbonyl (C=O) groups excluding carboxylic acids is 1. The summed E-state index contributed by atoms with van der Waals surface area (Å²) >= 11 is 5.89. The zero-order valence-electron chi connectivity index (χ0n) is 12.1. The van der Waals surface area contributed by atoms with Gasteiger partial charge in [0.15, 0.2) is 5.65 Å². The Hall–Kier alpha value is -2.40. The highest BCUT2D eigenvalue weighted by Crippen LogP contribution is 2.13. The summed E-state index contributed by atoms with van der Waals surface area (Å²) in [5.41, 5.74) is 2.25. The highest BCUT2D eigenvalue weighted by Gasteiger charge is 2.09. The lowest BCUT2D eigenvalue weighted by atomic mass is 10.2. The predicted molar refractivity (Wildman–Crippen MR) is 86.1 cm³/mol. The Labute approximate surface area is 133 Å². The maximum absolute atomic E-state index is 12.1. The van der Waals surface area contributed by atoms with Gasteiger partial charge in [0.25, 0.3) is 5.91 Å². The number of hydrogen-bond acceptors (Lipinski definition) is 3. The van der Waals surface area contributed by atoms with E-state index >= 15 is 0 Å². The van der Waals surface area contributed by atoms with E-state index in [2.05, 4.69) is 15.3 Å². The molecule has 112 valence electrons. The van der Waals surface area contributed by atoms with E-state index in [1.165, 1.54) is 0 Å². The van der Waals surface area contributed by atoms with Crippen molar-refractivity contribution in [1.29, 1.82) is 0 Å². The number of rotatable bonds is 4. The Morgan fingerprint density at radius 2 is 2.18 bits per heavy atom. The predicted octanol–water partition coefficient (Wildman–Crippen LogP) is 2.82. The van der Waals surface area contributed by atoms with E-state index < -0.39 is 0 Å². The molecule has 0 unspecified atom stereocenters. The van der Waals surface area contributed by atoms with Crippen LogP contribution in [-0.2, 0) is 6.54 Å². The van der Waals surface area contributed by atoms with Crippen LogP contribution in [0.2, 0.25) is 5.02 Å². The highest BCUT2D eigenvalue weighted by atomic mass is 35.5. The van der Waals surface area contributed by atoms with Crippen LogP contribution in [0.4, 0.5) is 0 Å². The van der Waals surface area contributed by atoms with Gasteiger partial charge >= 0.3 is 0 Å². The van der Waals surface area contributed by atoms with Crippen molar-refractivity contribution in [2.75, 3.05) is 6.54 Å². The molecule has 0 aliphatic carbocycles. The molecule has 1 aromatic carbocycles. The third-order valence-electron chi connectivity index (χ3n) is 3.40. The van der Waals surface area contributed by atoms with Crippen LogP contribution in [0.25, 0.3) is 11.2 Å². The fraction of sp³-hybridized carbons (Fsp3) is 0.188. The molecule has 0 atom stereocenters. The Morgan fingerprint density at radius 1 is 1.32 bits per heavy atom. The van der Waals surface area contributed by atoms with Crippen molar-refractivity contribution >= 4 is 28.7 Å². The fourth-order valence-electron chi connectivity index (χ4n) is 2.35. The van der Waals surface area contributed by atoms with Crippen molar-refractivity contribution in [3.05, 3.63) is 59.0 Å². The molecular weight excluding hydrogens is 300 g/mol. The van der Waals surface area contributed by atoms with Crippen LogP contribution in [0.15, 0.2) is 42.6 Å². The molecule has 0 spiro atoms. The molecule has 0 bridgehead atoms. The molecule has 0 aliphatic heterocycles. The molecule has 0 saturated heterocycles. The number of nitrogens with zero attached hydrogens (tertiary/aromatic N) is 3. The summed E-state index contributed by atoms with van der Waals surface area (Å²) in [5.74, 6) is 0.739. The lowest BCUT2D eigenvalue weighted by Crippen LogP contribution is -2.27. The van der Waals surface area contributed by atoms with E-state index in [-0.39, 0.29) is 5.91 Å². The minimum Gasteiger partial charge on any atom is -0.350 e. The van der Waals surface area contributed by atoms with Gasteiger partial charge in [-0.05, 0) is 37.3 Å². The molecule has 3 rings (SSSR count). The molecule has 0 saturated carbocycles. The van der Waals surface area contributed by atoms with Crippen molar-refractivity contribution in [3.8, 4) is 0 Å². The highest BCUT2D eigenvalue weighted by molar-refractivity contribution is 6.30. The Morgan fingerprint density at radius 3 is 3.00 bits per heavy atom. The summed E-state index contributed by atoms with van der Waals surface area (Å²) in [4.78, 5) is 20.9. The summed E-state index contributed by atoms with van der Waals surface area (Å²) in [6.45, 7) is 3.04. The van der Waals surface area contributed by atoms with E-state index in [1.54, 1.807) is 30.5 Å². The molecule has 1 N–H and O–H groups in total. The molecule has 6 heteroatoms. The first kappa shape index (κ1) is 14.5. The molecule has 3 aromatic rings. The number of carbonyl (C=O) groups is 1. The standard InChI is InChI=1S/C16H15ClN4O/c1-11-20-14-6-3-7-18-15(14)21(11)9-8-19-16(22)12-4-2-5-13(17)10-12/h2-7,10H,8-9H2,1H3,(H,19,22). The molecule has 0 aliphatic rings. The van der Waals surface area contributed by atoms with E-state index in [9.17, 15) is 4.79 Å². The third kappa shape index (κ3) is 2.94. The van der Waals surface area contributed by atoms with Gasteiger partial charge in [0.1, 0.15) is 11.3 Å². The number of benzene rings is 1. The summed E-state index contributed by atoms with van der Waals surface area (Å²) in [6.07, 6.45) is 1.74. The van der Waals surface area contributed by atoms with Gasteiger partial charge in [-0.2, -0.15) is 0 Å². The minimum absolute atomic E-state index is 0.141. The largest absolute Gasteiger partial charge is 0.350 e. The van der Waals surface area contributed by atoms with Gasteiger partial charge in [-0.1, -0.05) is 17.7 Å². The maximum Gasteiger partial charge on any atom is 0.251 e. The minimum atomic E-state index is -0.141. The molecule has 2 aromatic heterocycles. The molecule has 0 fully saturated rings. The SMILES string of the molecule is Cc1nc2cccnc2n1CCNC(=O)c1cccc(Cl)c1. The zero-order chi connectivity index (χ0) is 15.5. The molecule has 1 amide bonds. The van der Waals surface area contributed by atoms with Gasteiger partial charge in [-0.15, -0.1) is 0 Å². The van der Waals surface area contributed by atoms with Gasteiger partial charge < -0.3 is 9.88 Å². The van der Waals surface area contributed by atoms with Crippen LogP contribution in [0.1, 0.15) is 16.2 Å². The Kier molecular flexibility index (Phi) is 4.06. The smallest absolute Gasteiger partial charge is 0.251 e. The first-order valence-electron chi connectivity index (χ1n) is 6.97. The van der Waals surface area contributed by atoms with Gasteiger partial charge in [0.2, 0.25) is 0 Å². The topological polar surface area (TPSA) is 59.8 Å². The quantitative estimate of drug-likeness (QED) is 0.805. The first-order valence-corrected chi connectivity index (χ1v) is 7.34. The van der Waals surface area contributed by atoms with Crippen molar-refractivity contribution < 1.29 is 4.79 Å². The zero-order valence-corrected chi connectivity index (χ0v) is 12.8. The number of fused-ring (bicyclic) bond motifs is 1. The van der Waals surface area contributed by atoms with Gasteiger partial charge in [0, 0.05) is 29.9 Å². The van der Waals surface area contributed by atoms with E-state index in [0.717, 1.165) is 17.0 Å². The number of aromatic nitrogens is 3. The fourth-order valence-corrected chi connectivity index (χ4v) is 2.54. The summed E-state index contributed by atoms with van der Waals surface area (Å²) in [7, 11) is 0. The molecule has 5 nitrogen and oxygen atoms in total. The number of amides is 1. The lowest BCUT2D eigenvalue weighted by Gasteiger charge is -2.08. The average Bonchev–Trinajstić information content (AvgIpc) is 2.83. The molecule has 22 heavy (non-hydrogen) atoms. The second kappa shape index (κ2) is 6.15. The van der Waals surface area contributed by atoms with E-state index in [4.69, 9.17) is 11.6 Å². The van der Waals surface area contributed by atoms with Gasteiger partial charge in [-0.25, -0.2) is 9.97 Å². The second-order valence-corrected chi connectivity index (χ2v) is 5.36. The monoisotopic (exact) mass is 314 g/mol. The van der Waals surface area contributed by atoms with Crippen molar-refractivity contribution in [2.45, 2.75) is 13.5 Å². The Bertz CT molecular complexity index is 828. The van der Waals surface area contributed by atoms with Crippen LogP contribution in [0.5, 0.6) is 0 Å². The van der Waals surface area contributed by atoms with Crippen LogP contribution in [0, 0.1) is 6.92 Å². The maximum atomic E-state index is 12.1. The lowest BCUT2D eigenvalue weighted by molar-refractivity contribution is 0.0952. The normalized spacial score (nSPS) is 10.8. The van der Waals surface area contributed by atoms with Crippen LogP contribution < -0.4 is 5.32 Å². The average molecular weight is 315 g/mol. The number of nitrogens with one attached hydrogen (secondary N) is 1. The Balaban J connectivity index is 1.67. The summed E-state index contributed by atoms with van der Waals surface area (Å²) in [5, 5.41) is 3.43. The first-order chi connectivity index (χ1) is 10.6. The van der Waals surface area contributed by atoms with Gasteiger partial charge in [-0.3, -0.25) is 4.79 Å². The van der Waals surface area contributed by atoms with E-state index in [1.807, 2.05) is 23.6 Å².